The van der Waals surface area contributed by atoms with Gasteiger partial charge in [-0.3, -0.25) is 4.79 Å². The van der Waals surface area contributed by atoms with Gasteiger partial charge in [-0.2, -0.15) is 0 Å². The van der Waals surface area contributed by atoms with Crippen LogP contribution in [0.4, 0.5) is 0 Å². The van der Waals surface area contributed by atoms with Gasteiger partial charge in [0.2, 0.25) is 5.91 Å². The highest BCUT2D eigenvalue weighted by atomic mass is 127. The Morgan fingerprint density at radius 2 is 2.04 bits per heavy atom. The summed E-state index contributed by atoms with van der Waals surface area (Å²) in [6.45, 7) is 11.9. The topological polar surface area (TPSA) is 78.4 Å². The summed E-state index contributed by atoms with van der Waals surface area (Å²) in [5, 5.41) is 12.2. The van der Waals surface area contributed by atoms with Gasteiger partial charge in [-0.15, -0.1) is 35.3 Å². The molecule has 0 aliphatic carbocycles. The highest BCUT2D eigenvalue weighted by Crippen LogP contribution is 2.18. The van der Waals surface area contributed by atoms with E-state index in [0.717, 1.165) is 17.2 Å². The molecule has 138 valence electrons. The van der Waals surface area contributed by atoms with E-state index in [2.05, 4.69) is 45.2 Å². The lowest BCUT2D eigenvalue weighted by Crippen LogP contribution is -2.47. The zero-order valence-electron chi connectivity index (χ0n) is 15.4. The normalized spacial score (nSPS) is 11.9. The largest absolute Gasteiger partial charge is 0.359 e. The maximum Gasteiger partial charge on any atom is 0.227 e. The Morgan fingerprint density at radius 3 is 2.54 bits per heavy atom. The van der Waals surface area contributed by atoms with Crippen molar-refractivity contribution in [3.05, 3.63) is 16.1 Å². The van der Waals surface area contributed by atoms with Gasteiger partial charge in [-0.05, 0) is 26.7 Å². The van der Waals surface area contributed by atoms with Crippen molar-refractivity contribution in [3.8, 4) is 0 Å². The van der Waals surface area contributed by atoms with Crippen LogP contribution in [0.5, 0.6) is 0 Å². The second-order valence-electron chi connectivity index (χ2n) is 6.33. The van der Waals surface area contributed by atoms with Crippen LogP contribution in [0, 0.1) is 5.41 Å². The number of carbonyl (C=O) groups excluding carboxylic acids is 1. The van der Waals surface area contributed by atoms with Crippen molar-refractivity contribution < 1.29 is 4.79 Å². The van der Waals surface area contributed by atoms with Crippen LogP contribution in [0.25, 0.3) is 0 Å². The van der Waals surface area contributed by atoms with Gasteiger partial charge in [0.05, 0.1) is 17.7 Å². The number of nitrogens with zero attached hydrogens (tertiary/aromatic N) is 2. The van der Waals surface area contributed by atoms with Gasteiger partial charge in [0, 0.05) is 25.5 Å². The van der Waals surface area contributed by atoms with Crippen LogP contribution in [-0.2, 0) is 11.3 Å². The van der Waals surface area contributed by atoms with Crippen LogP contribution in [0.3, 0.4) is 0 Å². The zero-order valence-corrected chi connectivity index (χ0v) is 18.5. The molecule has 0 atom stereocenters. The predicted octanol–water partition coefficient (Wildman–Crippen LogP) is 2.71. The number of carbonyl (C=O) groups is 1. The highest BCUT2D eigenvalue weighted by molar-refractivity contribution is 14.0. The summed E-state index contributed by atoms with van der Waals surface area (Å²) >= 11 is 1.63. The number of nitrogens with one attached hydrogen (secondary N) is 3. The number of hydrogen-bond acceptors (Lipinski definition) is 4. The lowest BCUT2D eigenvalue weighted by Gasteiger charge is -2.24. The van der Waals surface area contributed by atoms with Crippen molar-refractivity contribution in [3.63, 3.8) is 0 Å². The first-order valence-electron chi connectivity index (χ1n) is 7.98. The van der Waals surface area contributed by atoms with Crippen LogP contribution < -0.4 is 16.0 Å². The summed E-state index contributed by atoms with van der Waals surface area (Å²) in [6.07, 6.45) is 0. The van der Waals surface area contributed by atoms with Crippen LogP contribution in [0.15, 0.2) is 10.4 Å². The van der Waals surface area contributed by atoms with Crippen molar-refractivity contribution in [2.45, 2.75) is 47.1 Å². The molecule has 0 spiro atoms. The summed E-state index contributed by atoms with van der Waals surface area (Å²) in [7, 11) is 1.65. The second kappa shape index (κ2) is 10.9. The number of thiazole rings is 1. The minimum atomic E-state index is -0.503. The number of halogens is 1. The van der Waals surface area contributed by atoms with Crippen LogP contribution in [-0.4, -0.2) is 37.0 Å². The molecule has 0 unspecified atom stereocenters. The van der Waals surface area contributed by atoms with E-state index in [1.807, 2.05) is 20.8 Å². The molecule has 0 saturated carbocycles. The lowest BCUT2D eigenvalue weighted by molar-refractivity contribution is -0.128. The summed E-state index contributed by atoms with van der Waals surface area (Å²) in [6, 6.07) is 0. The fourth-order valence-electron chi connectivity index (χ4n) is 1.87. The smallest absolute Gasteiger partial charge is 0.227 e. The standard InChI is InChI=1S/C16H29N5OS.HI/c1-7-18-15(20-10-16(4,5)14(22)17-6)19-8-13-21-12(9-23-13)11(2)3;/h9,11H,7-8,10H2,1-6H3,(H,17,22)(H2,18,19,20);1H. The van der Waals surface area contributed by atoms with E-state index >= 15 is 0 Å². The molecule has 0 radical (unpaired) electrons. The molecule has 3 N–H and O–H groups in total. The summed E-state index contributed by atoms with van der Waals surface area (Å²) < 4.78 is 0. The van der Waals surface area contributed by atoms with Crippen molar-refractivity contribution in [1.29, 1.82) is 0 Å². The van der Waals surface area contributed by atoms with Crippen molar-refractivity contribution in [1.82, 2.24) is 20.9 Å². The van der Waals surface area contributed by atoms with E-state index in [1.165, 1.54) is 0 Å². The molecule has 0 aliphatic heterocycles. The Morgan fingerprint density at radius 1 is 1.38 bits per heavy atom. The lowest BCUT2D eigenvalue weighted by atomic mass is 9.92. The Hall–Kier alpha value is -0.900. The van der Waals surface area contributed by atoms with E-state index in [4.69, 9.17) is 0 Å². The Balaban J connectivity index is 0.00000529. The molecule has 0 aromatic carbocycles. The quantitative estimate of drug-likeness (QED) is 0.328. The number of hydrogen-bond donors (Lipinski definition) is 3. The molecule has 1 heterocycles. The van der Waals surface area contributed by atoms with E-state index in [0.29, 0.717) is 25.0 Å². The molecule has 1 rings (SSSR count). The first-order valence-corrected chi connectivity index (χ1v) is 8.86. The third-order valence-electron chi connectivity index (χ3n) is 3.42. The van der Waals surface area contributed by atoms with Gasteiger partial charge in [-0.1, -0.05) is 13.8 Å². The van der Waals surface area contributed by atoms with E-state index in [-0.39, 0.29) is 29.9 Å². The molecule has 0 aliphatic rings. The molecule has 6 nitrogen and oxygen atoms in total. The summed E-state index contributed by atoms with van der Waals surface area (Å²) in [4.78, 5) is 21.0. The average Bonchev–Trinajstić information content (AvgIpc) is 2.98. The summed E-state index contributed by atoms with van der Waals surface area (Å²) in [5.41, 5.74) is 0.607. The fourth-order valence-corrected chi connectivity index (χ4v) is 2.75. The van der Waals surface area contributed by atoms with Crippen LogP contribution in [0.2, 0.25) is 0 Å². The van der Waals surface area contributed by atoms with Crippen molar-refractivity contribution >= 4 is 47.2 Å². The number of aromatic nitrogens is 1. The number of aliphatic imine (C=N–C) groups is 1. The predicted molar refractivity (Wildman–Crippen MR) is 112 cm³/mol. The molecular weight excluding hydrogens is 437 g/mol. The first kappa shape index (κ1) is 23.1. The minimum Gasteiger partial charge on any atom is -0.359 e. The minimum absolute atomic E-state index is 0. The highest BCUT2D eigenvalue weighted by Gasteiger charge is 2.26. The molecule has 0 saturated heterocycles. The van der Waals surface area contributed by atoms with Gasteiger partial charge >= 0.3 is 0 Å². The number of amides is 1. The Labute approximate surface area is 166 Å². The number of rotatable bonds is 7. The third-order valence-corrected chi connectivity index (χ3v) is 4.27. The maximum atomic E-state index is 11.8. The van der Waals surface area contributed by atoms with Gasteiger partial charge in [0.1, 0.15) is 5.01 Å². The van der Waals surface area contributed by atoms with Gasteiger partial charge in [0.25, 0.3) is 0 Å². The number of guanidine groups is 1. The first-order chi connectivity index (χ1) is 10.8. The van der Waals surface area contributed by atoms with Crippen molar-refractivity contribution in [2.75, 3.05) is 20.1 Å². The van der Waals surface area contributed by atoms with Crippen LogP contribution >= 0.6 is 35.3 Å². The molecular formula is C16H30IN5OS. The SMILES string of the molecule is CCNC(=NCc1nc(C(C)C)cs1)NCC(C)(C)C(=O)NC.I. The molecule has 8 heteroatoms. The zero-order chi connectivity index (χ0) is 17.5. The molecule has 1 amide bonds. The Kier molecular flexibility index (Phi) is 10.5. The van der Waals surface area contributed by atoms with E-state index < -0.39 is 5.41 Å². The van der Waals surface area contributed by atoms with Crippen LogP contribution in [0.1, 0.15) is 51.2 Å². The molecule has 0 bridgehead atoms. The maximum absolute atomic E-state index is 11.8. The van der Waals surface area contributed by atoms with E-state index in [1.54, 1.807) is 18.4 Å². The third kappa shape index (κ3) is 7.33. The van der Waals surface area contributed by atoms with Gasteiger partial charge < -0.3 is 16.0 Å². The fraction of sp³-hybridized carbons (Fsp3) is 0.688. The van der Waals surface area contributed by atoms with E-state index in [9.17, 15) is 4.79 Å². The van der Waals surface area contributed by atoms with Gasteiger partial charge in [0.15, 0.2) is 5.96 Å². The Bertz CT molecular complexity index is 542. The average molecular weight is 467 g/mol. The summed E-state index contributed by atoms with van der Waals surface area (Å²) in [5.74, 6) is 1.14. The molecule has 1 aromatic rings. The van der Waals surface area contributed by atoms with Crippen molar-refractivity contribution in [2.24, 2.45) is 10.4 Å². The molecule has 0 fully saturated rings. The molecule has 24 heavy (non-hydrogen) atoms. The molecule has 1 aromatic heterocycles. The second-order valence-corrected chi connectivity index (χ2v) is 7.28. The monoisotopic (exact) mass is 467 g/mol. The van der Waals surface area contributed by atoms with Gasteiger partial charge in [-0.25, -0.2) is 9.98 Å².